The van der Waals surface area contributed by atoms with Gasteiger partial charge >= 0.3 is 0 Å². The van der Waals surface area contributed by atoms with E-state index in [2.05, 4.69) is 0 Å². The molecule has 0 aliphatic heterocycles. The molecule has 0 aromatic heterocycles. The Morgan fingerprint density at radius 3 is 1.60 bits per heavy atom. The quantitative estimate of drug-likeness (QED) is 0.308. The fourth-order valence-corrected chi connectivity index (χ4v) is 0.204. The van der Waals surface area contributed by atoms with E-state index in [1.165, 1.54) is 0 Å². The van der Waals surface area contributed by atoms with Gasteiger partial charge in [-0.1, -0.05) is 0 Å². The third kappa shape index (κ3) is 4.22. The van der Waals surface area contributed by atoms with Gasteiger partial charge in [-0.05, 0) is 0 Å². The van der Waals surface area contributed by atoms with Gasteiger partial charge in [0, 0.05) is 0 Å². The van der Waals surface area contributed by atoms with Crippen LogP contribution in [-0.4, -0.2) is 30.2 Å². The van der Waals surface area contributed by atoms with Crippen molar-refractivity contribution in [2.45, 2.75) is 0 Å². The summed E-state index contributed by atoms with van der Waals surface area (Å²) in [7, 11) is 5.67. The fraction of sp³-hybridized carbons (Fsp3) is 0. The second-order valence-electron chi connectivity index (χ2n) is 0.781. The predicted molar refractivity (Wildman–Crippen MR) is 32.5 cm³/mol. The molecule has 24 valence electrons. The van der Waals surface area contributed by atoms with Gasteiger partial charge in [-0.3, -0.25) is 0 Å². The van der Waals surface area contributed by atoms with Crippen LogP contribution in [0.3, 0.4) is 0 Å². The lowest BCUT2D eigenvalue weighted by atomic mass is 9.64. The SMILES string of the molecule is BBOBB. The van der Waals surface area contributed by atoms with Crippen LogP contribution in [0, 0.1) is 0 Å². The summed E-state index contributed by atoms with van der Waals surface area (Å²) in [6.45, 7) is 0. The van der Waals surface area contributed by atoms with Gasteiger partial charge < -0.3 is 4.57 Å². The summed E-state index contributed by atoms with van der Waals surface area (Å²) in [4.78, 5) is 0. The molecule has 5 heteroatoms. The van der Waals surface area contributed by atoms with Crippen molar-refractivity contribution in [3.63, 3.8) is 0 Å². The second kappa shape index (κ2) is 4.22. The van der Waals surface area contributed by atoms with E-state index in [4.69, 9.17) is 4.57 Å². The van der Waals surface area contributed by atoms with Crippen LogP contribution < -0.4 is 0 Å². The topological polar surface area (TPSA) is 9.23 Å². The van der Waals surface area contributed by atoms with Gasteiger partial charge in [0.05, 0.1) is 0 Å². The zero-order chi connectivity index (χ0) is 4.12. The van der Waals surface area contributed by atoms with Crippen LogP contribution in [0.25, 0.3) is 0 Å². The molecule has 0 heterocycles. The van der Waals surface area contributed by atoms with E-state index in [-0.39, 0.29) is 0 Å². The smallest absolute Gasteiger partial charge is 0.208 e. The molecule has 0 aliphatic carbocycles. The maximum Gasteiger partial charge on any atom is 0.208 e. The molecule has 0 N–H and O–H groups in total. The summed E-state index contributed by atoms with van der Waals surface area (Å²) in [6, 6.07) is 0. The molecule has 0 unspecified atom stereocenters. The summed E-state index contributed by atoms with van der Waals surface area (Å²) in [5, 5.41) is 0. The van der Waals surface area contributed by atoms with Crippen molar-refractivity contribution in [1.82, 2.24) is 0 Å². The van der Waals surface area contributed by atoms with Crippen LogP contribution >= 0.6 is 0 Å². The zero-order valence-electron chi connectivity index (χ0n) is 3.82. The largest absolute Gasteiger partial charge is 0.516 e. The molecule has 0 fully saturated rings. The minimum Gasteiger partial charge on any atom is -0.516 e. The van der Waals surface area contributed by atoms with Crippen LogP contribution in [0.4, 0.5) is 0 Å². The fourth-order valence-electron chi connectivity index (χ4n) is 0.204. The molecule has 0 atom stereocenters. The molecule has 0 aromatic rings. The van der Waals surface area contributed by atoms with E-state index in [0.29, 0.717) is 0 Å². The lowest BCUT2D eigenvalue weighted by molar-refractivity contribution is 0.676. The molecule has 0 aromatic carbocycles. The van der Waals surface area contributed by atoms with Gasteiger partial charge in [-0.25, -0.2) is 0 Å². The van der Waals surface area contributed by atoms with Crippen LogP contribution in [-0.2, 0) is 4.57 Å². The Morgan fingerprint density at radius 1 is 1.20 bits per heavy atom. The van der Waals surface area contributed by atoms with Gasteiger partial charge in [0.25, 0.3) is 0 Å². The van der Waals surface area contributed by atoms with E-state index in [9.17, 15) is 0 Å². The third-order valence-corrected chi connectivity index (χ3v) is 0.408. The van der Waals surface area contributed by atoms with E-state index >= 15 is 0 Å². The van der Waals surface area contributed by atoms with Crippen LogP contribution in [0.5, 0.6) is 0 Å². The minimum atomic E-state index is 0.844. The van der Waals surface area contributed by atoms with Gasteiger partial charge in [0.2, 0.25) is 14.7 Å². The standard InChI is InChI=1S/B4H6O/c1-3-5-4-2/h3-4H,1-2H2. The summed E-state index contributed by atoms with van der Waals surface area (Å²) in [6.07, 6.45) is 0. The zero-order valence-corrected chi connectivity index (χ0v) is 3.82. The lowest BCUT2D eigenvalue weighted by Gasteiger charge is -1.83. The summed E-state index contributed by atoms with van der Waals surface area (Å²) < 4.78 is 4.83. The maximum atomic E-state index is 4.83. The van der Waals surface area contributed by atoms with Crippen LogP contribution in [0.2, 0.25) is 0 Å². The lowest BCUT2D eigenvalue weighted by Crippen LogP contribution is -2.02. The van der Waals surface area contributed by atoms with Crippen LogP contribution in [0.15, 0.2) is 0 Å². The molecule has 0 rings (SSSR count). The Morgan fingerprint density at radius 2 is 1.60 bits per heavy atom. The van der Waals surface area contributed by atoms with Crippen molar-refractivity contribution < 1.29 is 4.57 Å². The molecule has 0 aliphatic rings. The maximum absolute atomic E-state index is 4.83. The highest BCUT2D eigenvalue weighted by molar-refractivity contribution is 6.94. The normalized spacial score (nSPS) is 6.40. The van der Waals surface area contributed by atoms with E-state index < -0.39 is 0 Å². The second-order valence-corrected chi connectivity index (χ2v) is 0.781. The highest BCUT2D eigenvalue weighted by Crippen LogP contribution is 1.47. The Hall–Kier alpha value is 0.220. The first-order chi connectivity index (χ1) is 2.41. The molecule has 1 nitrogen and oxygen atoms in total. The molecule has 0 radical (unpaired) electrons. The molecule has 5 heavy (non-hydrogen) atoms. The monoisotopic (exact) mass is 66.1 g/mol. The van der Waals surface area contributed by atoms with Gasteiger partial charge in [0.1, 0.15) is 15.5 Å². The first kappa shape index (κ1) is 5.22. The summed E-state index contributed by atoms with van der Waals surface area (Å²) >= 11 is 0. The van der Waals surface area contributed by atoms with Gasteiger partial charge in [-0.2, -0.15) is 0 Å². The highest BCUT2D eigenvalue weighted by atomic mass is 16.4. The first-order valence-electron chi connectivity index (χ1n) is 1.99. The molecule has 0 saturated heterocycles. The van der Waals surface area contributed by atoms with Gasteiger partial charge in [0.15, 0.2) is 0 Å². The average Bonchev–Trinajstić information content (AvgIpc) is 1.41. The minimum absolute atomic E-state index is 0.844. The Labute approximate surface area is 35.8 Å². The molecular formula is H6B4O. The Kier molecular flexibility index (Phi) is 4.41. The predicted octanol–water partition coefficient (Wildman–Crippen LogP) is -3.20. The van der Waals surface area contributed by atoms with Crippen LogP contribution in [0.1, 0.15) is 0 Å². The molecule has 0 saturated carbocycles. The molecule has 0 spiro atoms. The molecule has 0 amide bonds. The van der Waals surface area contributed by atoms with Gasteiger partial charge in [-0.15, -0.1) is 0 Å². The third-order valence-electron chi connectivity index (χ3n) is 0.408. The van der Waals surface area contributed by atoms with Crippen molar-refractivity contribution in [2.75, 3.05) is 0 Å². The number of rotatable bonds is 2. The van der Waals surface area contributed by atoms with Crippen molar-refractivity contribution in [2.24, 2.45) is 0 Å². The summed E-state index contributed by atoms with van der Waals surface area (Å²) in [5.41, 5.74) is 0. The number of hydrogen-bond donors (Lipinski definition) is 0. The van der Waals surface area contributed by atoms with E-state index in [0.717, 1.165) is 14.7 Å². The first-order valence-corrected chi connectivity index (χ1v) is 1.99. The number of hydrogen-bond acceptors (Lipinski definition) is 1. The van der Waals surface area contributed by atoms with E-state index in [1.54, 1.807) is 0 Å². The van der Waals surface area contributed by atoms with Crippen molar-refractivity contribution >= 4 is 30.2 Å². The Bertz CT molecular complexity index is 11.1. The highest BCUT2D eigenvalue weighted by Gasteiger charge is 1.72. The summed E-state index contributed by atoms with van der Waals surface area (Å²) in [5.74, 6) is 0. The molecule has 0 bridgehead atoms. The van der Waals surface area contributed by atoms with Crippen molar-refractivity contribution in [1.29, 1.82) is 0 Å². The Balaban J connectivity index is 2.19. The van der Waals surface area contributed by atoms with Crippen molar-refractivity contribution in [3.05, 3.63) is 0 Å². The average molecular weight is 65.3 g/mol. The van der Waals surface area contributed by atoms with E-state index in [1.807, 2.05) is 15.5 Å². The van der Waals surface area contributed by atoms with Crippen molar-refractivity contribution in [3.8, 4) is 0 Å². The molecular weight excluding hydrogens is 59.2 g/mol.